The monoisotopic (exact) mass is 337 g/mol. The van der Waals surface area contributed by atoms with Crippen LogP contribution < -0.4 is 5.32 Å². The quantitative estimate of drug-likeness (QED) is 0.727. The first-order chi connectivity index (χ1) is 9.63. The standard InChI is InChI=1S/C14H29NO4S.C2H6/c1-10(2)11(8-13(3,4)5)12(16)15-14(6,7)9-20(17,18)19;1-2/h10-11H,8-9H2,1-7H3,(H,15,16)(H,17,18,19);1-2H3. The molecule has 0 fully saturated rings. The highest BCUT2D eigenvalue weighted by molar-refractivity contribution is 7.85. The fourth-order valence-electron chi connectivity index (χ4n) is 2.21. The summed E-state index contributed by atoms with van der Waals surface area (Å²) in [5.41, 5.74) is -0.977. The summed E-state index contributed by atoms with van der Waals surface area (Å²) < 4.78 is 30.9. The summed E-state index contributed by atoms with van der Waals surface area (Å²) >= 11 is 0. The Morgan fingerprint density at radius 1 is 1.09 bits per heavy atom. The van der Waals surface area contributed by atoms with E-state index in [9.17, 15) is 13.2 Å². The zero-order valence-corrected chi connectivity index (χ0v) is 16.5. The van der Waals surface area contributed by atoms with Crippen molar-refractivity contribution in [3.63, 3.8) is 0 Å². The van der Waals surface area contributed by atoms with Gasteiger partial charge in [0.1, 0.15) is 0 Å². The Morgan fingerprint density at radius 3 is 1.77 bits per heavy atom. The number of hydrogen-bond donors (Lipinski definition) is 2. The lowest BCUT2D eigenvalue weighted by molar-refractivity contribution is -0.128. The van der Waals surface area contributed by atoms with Crippen LogP contribution in [0.4, 0.5) is 0 Å². The lowest BCUT2D eigenvalue weighted by atomic mass is 9.79. The average Bonchev–Trinajstić information content (AvgIpc) is 2.22. The largest absolute Gasteiger partial charge is 0.350 e. The van der Waals surface area contributed by atoms with Crippen molar-refractivity contribution >= 4 is 16.0 Å². The van der Waals surface area contributed by atoms with Crippen LogP contribution in [0.25, 0.3) is 0 Å². The summed E-state index contributed by atoms with van der Waals surface area (Å²) in [5, 5.41) is 2.74. The molecule has 134 valence electrons. The van der Waals surface area contributed by atoms with Crippen molar-refractivity contribution in [1.82, 2.24) is 5.32 Å². The van der Waals surface area contributed by atoms with Gasteiger partial charge in [-0.3, -0.25) is 9.35 Å². The zero-order chi connectivity index (χ0) is 18.4. The minimum Gasteiger partial charge on any atom is -0.350 e. The third-order valence-corrected chi connectivity index (χ3v) is 4.07. The number of hydrogen-bond acceptors (Lipinski definition) is 3. The van der Waals surface area contributed by atoms with Crippen LogP contribution in [-0.2, 0) is 14.9 Å². The minimum absolute atomic E-state index is 0.0134. The van der Waals surface area contributed by atoms with Crippen molar-refractivity contribution < 1.29 is 17.8 Å². The molecule has 22 heavy (non-hydrogen) atoms. The molecule has 1 amide bonds. The van der Waals surface area contributed by atoms with Gasteiger partial charge in [-0.1, -0.05) is 48.5 Å². The molecule has 6 heteroatoms. The Bertz CT molecular complexity index is 434. The van der Waals surface area contributed by atoms with Gasteiger partial charge in [0.2, 0.25) is 5.91 Å². The zero-order valence-electron chi connectivity index (χ0n) is 15.6. The van der Waals surface area contributed by atoms with E-state index in [1.54, 1.807) is 13.8 Å². The van der Waals surface area contributed by atoms with Gasteiger partial charge in [-0.15, -0.1) is 0 Å². The van der Waals surface area contributed by atoms with Crippen LogP contribution in [-0.4, -0.2) is 30.2 Å². The van der Waals surface area contributed by atoms with Crippen LogP contribution in [0, 0.1) is 17.3 Å². The molecule has 0 rings (SSSR count). The van der Waals surface area contributed by atoms with E-state index >= 15 is 0 Å². The van der Waals surface area contributed by atoms with E-state index in [1.807, 2.05) is 27.7 Å². The molecule has 0 bridgehead atoms. The number of rotatable bonds is 6. The normalized spacial score (nSPS) is 14.1. The van der Waals surface area contributed by atoms with Crippen LogP contribution in [0.2, 0.25) is 0 Å². The second kappa shape index (κ2) is 8.87. The fraction of sp³-hybridized carbons (Fsp3) is 0.938. The van der Waals surface area contributed by atoms with E-state index < -0.39 is 21.4 Å². The van der Waals surface area contributed by atoms with Crippen LogP contribution in [0.3, 0.4) is 0 Å². The van der Waals surface area contributed by atoms with Gasteiger partial charge in [-0.25, -0.2) is 0 Å². The predicted octanol–water partition coefficient (Wildman–Crippen LogP) is 3.50. The molecule has 0 aliphatic rings. The molecule has 0 spiro atoms. The van der Waals surface area contributed by atoms with Gasteiger partial charge in [0, 0.05) is 5.92 Å². The van der Waals surface area contributed by atoms with Crippen molar-refractivity contribution in [2.45, 2.75) is 74.3 Å². The van der Waals surface area contributed by atoms with Gasteiger partial charge < -0.3 is 5.32 Å². The first kappa shape index (κ1) is 23.6. The van der Waals surface area contributed by atoms with Gasteiger partial charge in [0.25, 0.3) is 10.1 Å². The minimum atomic E-state index is -4.12. The summed E-state index contributed by atoms with van der Waals surface area (Å²) in [6.45, 7) is 17.3. The van der Waals surface area contributed by atoms with E-state index in [2.05, 4.69) is 26.1 Å². The van der Waals surface area contributed by atoms with Crippen molar-refractivity contribution in [3.05, 3.63) is 0 Å². The van der Waals surface area contributed by atoms with Gasteiger partial charge in [0.15, 0.2) is 0 Å². The maximum Gasteiger partial charge on any atom is 0.267 e. The highest BCUT2D eigenvalue weighted by atomic mass is 32.2. The van der Waals surface area contributed by atoms with E-state index in [4.69, 9.17) is 4.55 Å². The summed E-state index contributed by atoms with van der Waals surface area (Å²) in [6, 6.07) is 0. The Kier molecular flexibility index (Phi) is 9.53. The van der Waals surface area contributed by atoms with Crippen LogP contribution in [0.15, 0.2) is 0 Å². The SMILES string of the molecule is CC.CC(C)C(CC(C)(C)C)C(=O)NC(C)(C)CS(=O)(=O)O. The Hall–Kier alpha value is -0.620. The molecule has 0 aliphatic carbocycles. The van der Waals surface area contributed by atoms with E-state index in [-0.39, 0.29) is 23.2 Å². The lowest BCUT2D eigenvalue weighted by Gasteiger charge is -2.32. The van der Waals surface area contributed by atoms with E-state index in [1.165, 1.54) is 0 Å². The molecular formula is C16H35NO4S. The van der Waals surface area contributed by atoms with Gasteiger partial charge >= 0.3 is 0 Å². The molecule has 0 aromatic rings. The summed E-state index contributed by atoms with van der Waals surface area (Å²) in [7, 11) is -4.12. The van der Waals surface area contributed by atoms with Crippen molar-refractivity contribution in [3.8, 4) is 0 Å². The molecule has 5 nitrogen and oxygen atoms in total. The molecular weight excluding hydrogens is 302 g/mol. The molecule has 0 aliphatic heterocycles. The van der Waals surface area contributed by atoms with E-state index in [0.29, 0.717) is 0 Å². The average molecular weight is 338 g/mol. The molecule has 1 atom stereocenters. The molecule has 0 radical (unpaired) electrons. The second-order valence-corrected chi connectivity index (χ2v) is 9.17. The summed E-state index contributed by atoms with van der Waals surface area (Å²) in [5.74, 6) is -0.679. The molecule has 0 aromatic heterocycles. The summed E-state index contributed by atoms with van der Waals surface area (Å²) in [6.07, 6.45) is 0.721. The van der Waals surface area contributed by atoms with Crippen LogP contribution in [0.1, 0.15) is 68.7 Å². The molecule has 0 aromatic carbocycles. The number of carbonyl (C=O) groups excluding carboxylic acids is 1. The van der Waals surface area contributed by atoms with E-state index in [0.717, 1.165) is 6.42 Å². The Labute approximate surface area is 137 Å². The molecule has 1 unspecified atom stereocenters. The summed E-state index contributed by atoms with van der Waals surface area (Å²) in [4.78, 5) is 12.4. The molecule has 0 saturated carbocycles. The van der Waals surface area contributed by atoms with Crippen molar-refractivity contribution in [1.29, 1.82) is 0 Å². The molecule has 2 N–H and O–H groups in total. The lowest BCUT2D eigenvalue weighted by Crippen LogP contribution is -2.51. The van der Waals surface area contributed by atoms with Gasteiger partial charge in [-0.05, 0) is 31.6 Å². The van der Waals surface area contributed by atoms with Crippen molar-refractivity contribution in [2.75, 3.05) is 5.75 Å². The number of amides is 1. The number of nitrogens with one attached hydrogen (secondary N) is 1. The third kappa shape index (κ3) is 12.0. The topological polar surface area (TPSA) is 83.5 Å². The predicted molar refractivity (Wildman–Crippen MR) is 92.4 cm³/mol. The third-order valence-electron chi connectivity index (χ3n) is 2.98. The maximum atomic E-state index is 12.4. The van der Waals surface area contributed by atoms with Crippen LogP contribution in [0.5, 0.6) is 0 Å². The molecule has 0 saturated heterocycles. The fourth-order valence-corrected chi connectivity index (χ4v) is 3.19. The first-order valence-corrected chi connectivity index (χ1v) is 9.51. The van der Waals surface area contributed by atoms with Gasteiger partial charge in [0.05, 0.1) is 11.3 Å². The Morgan fingerprint density at radius 2 is 1.50 bits per heavy atom. The molecule has 0 heterocycles. The van der Waals surface area contributed by atoms with Crippen molar-refractivity contribution in [2.24, 2.45) is 17.3 Å². The maximum absolute atomic E-state index is 12.4. The number of carbonyl (C=O) groups is 1. The highest BCUT2D eigenvalue weighted by Crippen LogP contribution is 2.29. The van der Waals surface area contributed by atoms with Crippen LogP contribution >= 0.6 is 0 Å². The smallest absolute Gasteiger partial charge is 0.267 e. The first-order valence-electron chi connectivity index (χ1n) is 7.90. The second-order valence-electron chi connectivity index (χ2n) is 7.71. The highest BCUT2D eigenvalue weighted by Gasteiger charge is 2.33. The Balaban J connectivity index is 0. The van der Waals surface area contributed by atoms with Gasteiger partial charge in [-0.2, -0.15) is 8.42 Å².